The Labute approximate surface area is 101 Å². The van der Waals surface area contributed by atoms with Crippen molar-refractivity contribution in [2.24, 2.45) is 0 Å². The van der Waals surface area contributed by atoms with Crippen LogP contribution in [-0.2, 0) is 0 Å². The van der Waals surface area contributed by atoms with Crippen molar-refractivity contribution in [1.82, 2.24) is 9.88 Å². The lowest BCUT2D eigenvalue weighted by atomic mass is 10.2. The van der Waals surface area contributed by atoms with Gasteiger partial charge < -0.3 is 4.90 Å². The van der Waals surface area contributed by atoms with E-state index in [1.54, 1.807) is 12.3 Å². The van der Waals surface area contributed by atoms with E-state index >= 15 is 0 Å². The van der Waals surface area contributed by atoms with Crippen LogP contribution in [0.5, 0.6) is 0 Å². The smallest absolute Gasteiger partial charge is 0.255 e. The van der Waals surface area contributed by atoms with Crippen molar-refractivity contribution in [2.75, 3.05) is 6.54 Å². The van der Waals surface area contributed by atoms with Gasteiger partial charge in [0.25, 0.3) is 5.91 Å². The van der Waals surface area contributed by atoms with Crippen molar-refractivity contribution >= 4 is 17.5 Å². The Morgan fingerprint density at radius 3 is 2.75 bits per heavy atom. The van der Waals surface area contributed by atoms with Crippen LogP contribution in [0.2, 0.25) is 5.02 Å². The van der Waals surface area contributed by atoms with Gasteiger partial charge in [-0.2, -0.15) is 0 Å². The van der Waals surface area contributed by atoms with Crippen molar-refractivity contribution in [2.45, 2.75) is 33.2 Å². The van der Waals surface area contributed by atoms with Crippen molar-refractivity contribution < 1.29 is 4.79 Å². The molecule has 1 heterocycles. The topological polar surface area (TPSA) is 33.2 Å². The maximum absolute atomic E-state index is 12.2. The quantitative estimate of drug-likeness (QED) is 0.811. The molecule has 0 saturated carbocycles. The van der Waals surface area contributed by atoms with E-state index in [1.807, 2.05) is 18.7 Å². The van der Waals surface area contributed by atoms with Gasteiger partial charge in [-0.25, -0.2) is 0 Å². The molecule has 0 saturated heterocycles. The summed E-state index contributed by atoms with van der Waals surface area (Å²) < 4.78 is 0. The van der Waals surface area contributed by atoms with Crippen molar-refractivity contribution in [3.63, 3.8) is 0 Å². The molecule has 0 atom stereocenters. The Hall–Kier alpha value is -1.09. The highest BCUT2D eigenvalue weighted by atomic mass is 35.5. The van der Waals surface area contributed by atoms with Crippen LogP contribution in [0, 0.1) is 0 Å². The van der Waals surface area contributed by atoms with Gasteiger partial charge in [0.1, 0.15) is 0 Å². The van der Waals surface area contributed by atoms with Crippen molar-refractivity contribution in [3.8, 4) is 0 Å². The molecule has 1 rings (SSSR count). The second-order valence-electron chi connectivity index (χ2n) is 3.95. The van der Waals surface area contributed by atoms with Gasteiger partial charge in [0.05, 0.1) is 10.6 Å². The third kappa shape index (κ3) is 2.95. The normalized spacial score (nSPS) is 10.6. The molecule has 0 aliphatic carbocycles. The number of hydrogen-bond acceptors (Lipinski definition) is 2. The summed E-state index contributed by atoms with van der Waals surface area (Å²) in [5.74, 6) is -0.0238. The van der Waals surface area contributed by atoms with E-state index in [0.717, 1.165) is 13.0 Å². The minimum absolute atomic E-state index is 0.0238. The zero-order valence-corrected chi connectivity index (χ0v) is 10.7. The SMILES string of the molecule is CCCN(C(=O)c1ccncc1Cl)C(C)C. The van der Waals surface area contributed by atoms with Crippen LogP contribution < -0.4 is 0 Å². The molecule has 1 amide bonds. The van der Waals surface area contributed by atoms with Gasteiger partial charge in [-0.1, -0.05) is 18.5 Å². The number of nitrogens with zero attached hydrogens (tertiary/aromatic N) is 2. The van der Waals surface area contributed by atoms with E-state index in [4.69, 9.17) is 11.6 Å². The lowest BCUT2D eigenvalue weighted by Crippen LogP contribution is -2.37. The van der Waals surface area contributed by atoms with Crippen LogP contribution in [0.3, 0.4) is 0 Å². The molecule has 0 unspecified atom stereocenters. The summed E-state index contributed by atoms with van der Waals surface area (Å²) >= 11 is 5.96. The molecular weight excluding hydrogens is 224 g/mol. The highest BCUT2D eigenvalue weighted by Gasteiger charge is 2.19. The lowest BCUT2D eigenvalue weighted by Gasteiger charge is -2.26. The Kier molecular flexibility index (Phi) is 4.74. The first kappa shape index (κ1) is 13.0. The zero-order chi connectivity index (χ0) is 12.1. The molecule has 0 aromatic carbocycles. The van der Waals surface area contributed by atoms with Crippen LogP contribution in [0.25, 0.3) is 0 Å². The molecule has 0 radical (unpaired) electrons. The minimum atomic E-state index is -0.0238. The first-order valence-corrected chi connectivity index (χ1v) is 5.86. The van der Waals surface area contributed by atoms with Gasteiger partial charge >= 0.3 is 0 Å². The van der Waals surface area contributed by atoms with Gasteiger partial charge in [-0.15, -0.1) is 0 Å². The first-order chi connectivity index (χ1) is 7.57. The molecule has 0 spiro atoms. The van der Waals surface area contributed by atoms with Gasteiger partial charge in [-0.05, 0) is 26.3 Å². The summed E-state index contributed by atoms with van der Waals surface area (Å²) in [4.78, 5) is 17.9. The summed E-state index contributed by atoms with van der Waals surface area (Å²) in [5.41, 5.74) is 0.527. The zero-order valence-electron chi connectivity index (χ0n) is 9.90. The highest BCUT2D eigenvalue weighted by Crippen LogP contribution is 2.17. The summed E-state index contributed by atoms with van der Waals surface area (Å²) in [6.45, 7) is 6.80. The summed E-state index contributed by atoms with van der Waals surface area (Å²) in [6, 6.07) is 1.84. The lowest BCUT2D eigenvalue weighted by molar-refractivity contribution is 0.0706. The number of aromatic nitrogens is 1. The number of carbonyl (C=O) groups is 1. The summed E-state index contributed by atoms with van der Waals surface area (Å²) in [5, 5.41) is 0.411. The van der Waals surface area contributed by atoms with E-state index < -0.39 is 0 Å². The number of carbonyl (C=O) groups excluding carboxylic acids is 1. The fourth-order valence-corrected chi connectivity index (χ4v) is 1.74. The number of pyridine rings is 1. The molecule has 88 valence electrons. The molecule has 0 bridgehead atoms. The minimum Gasteiger partial charge on any atom is -0.336 e. The van der Waals surface area contributed by atoms with E-state index in [9.17, 15) is 4.79 Å². The predicted octanol–water partition coefficient (Wildman–Crippen LogP) is 3.00. The highest BCUT2D eigenvalue weighted by molar-refractivity contribution is 6.33. The third-order valence-electron chi connectivity index (χ3n) is 2.35. The van der Waals surface area contributed by atoms with Gasteiger partial charge in [-0.3, -0.25) is 9.78 Å². The number of hydrogen-bond donors (Lipinski definition) is 0. The van der Waals surface area contributed by atoms with Gasteiger partial charge in [0.15, 0.2) is 0 Å². The number of amides is 1. The molecule has 1 aromatic heterocycles. The number of rotatable bonds is 4. The van der Waals surface area contributed by atoms with Gasteiger partial charge in [0, 0.05) is 25.0 Å². The maximum Gasteiger partial charge on any atom is 0.255 e. The molecule has 0 N–H and O–H groups in total. The van der Waals surface area contributed by atoms with Crippen molar-refractivity contribution in [3.05, 3.63) is 29.0 Å². The van der Waals surface area contributed by atoms with Crippen LogP contribution in [0.1, 0.15) is 37.6 Å². The maximum atomic E-state index is 12.2. The summed E-state index contributed by atoms with van der Waals surface area (Å²) in [6.07, 6.45) is 4.02. The average molecular weight is 241 g/mol. The largest absolute Gasteiger partial charge is 0.336 e. The van der Waals surface area contributed by atoms with E-state index in [-0.39, 0.29) is 11.9 Å². The molecule has 3 nitrogen and oxygen atoms in total. The Balaban J connectivity index is 2.95. The standard InChI is InChI=1S/C12H17ClN2O/c1-4-7-15(9(2)3)12(16)10-5-6-14-8-11(10)13/h5-6,8-9H,4,7H2,1-3H3. The summed E-state index contributed by atoms with van der Waals surface area (Å²) in [7, 11) is 0. The molecule has 16 heavy (non-hydrogen) atoms. The molecule has 1 aromatic rings. The fourth-order valence-electron chi connectivity index (χ4n) is 1.54. The molecule has 0 aliphatic heterocycles. The van der Waals surface area contributed by atoms with Gasteiger partial charge in [0.2, 0.25) is 0 Å². The van der Waals surface area contributed by atoms with Crippen LogP contribution >= 0.6 is 11.6 Å². The van der Waals surface area contributed by atoms with Crippen LogP contribution in [0.15, 0.2) is 18.5 Å². The Bertz CT molecular complexity index is 366. The molecular formula is C12H17ClN2O. The monoisotopic (exact) mass is 240 g/mol. The van der Waals surface area contributed by atoms with E-state index in [0.29, 0.717) is 10.6 Å². The molecule has 0 fully saturated rings. The van der Waals surface area contributed by atoms with E-state index in [2.05, 4.69) is 11.9 Å². The van der Waals surface area contributed by atoms with Crippen LogP contribution in [-0.4, -0.2) is 28.4 Å². The van der Waals surface area contributed by atoms with E-state index in [1.165, 1.54) is 6.20 Å². The number of halogens is 1. The first-order valence-electron chi connectivity index (χ1n) is 5.48. The van der Waals surface area contributed by atoms with Crippen LogP contribution in [0.4, 0.5) is 0 Å². The Morgan fingerprint density at radius 1 is 1.56 bits per heavy atom. The van der Waals surface area contributed by atoms with Crippen molar-refractivity contribution in [1.29, 1.82) is 0 Å². The second-order valence-corrected chi connectivity index (χ2v) is 4.36. The predicted molar refractivity (Wildman–Crippen MR) is 65.7 cm³/mol. The molecule has 0 aliphatic rings. The average Bonchev–Trinajstić information content (AvgIpc) is 2.25. The second kappa shape index (κ2) is 5.85. The Morgan fingerprint density at radius 2 is 2.25 bits per heavy atom. The molecule has 4 heteroatoms. The fraction of sp³-hybridized carbons (Fsp3) is 0.500. The third-order valence-corrected chi connectivity index (χ3v) is 2.65.